The van der Waals surface area contributed by atoms with Crippen molar-refractivity contribution < 1.29 is 9.90 Å². The first-order valence-corrected chi connectivity index (χ1v) is 7.92. The molecule has 0 radical (unpaired) electrons. The average molecular weight is 281 g/mol. The summed E-state index contributed by atoms with van der Waals surface area (Å²) < 4.78 is 1.81. The summed E-state index contributed by atoms with van der Waals surface area (Å²) in [6.07, 6.45) is 1.80. The van der Waals surface area contributed by atoms with Crippen LogP contribution in [0, 0.1) is 0 Å². The first-order valence-electron chi connectivity index (χ1n) is 6.76. The molecule has 1 atom stereocenters. The molecule has 6 heteroatoms. The van der Waals surface area contributed by atoms with E-state index in [0.29, 0.717) is 12.1 Å². The van der Waals surface area contributed by atoms with Crippen LogP contribution in [0.3, 0.4) is 0 Å². The molecule has 1 saturated heterocycles. The van der Waals surface area contributed by atoms with Gasteiger partial charge in [0, 0.05) is 49.3 Å². The summed E-state index contributed by atoms with van der Waals surface area (Å²) in [6.45, 7) is 1.61. The van der Waals surface area contributed by atoms with Crippen LogP contribution < -0.4 is 0 Å². The number of amides is 1. The smallest absolute Gasteiger partial charge is 0.274 e. The molecule has 1 aromatic heterocycles. The Hall–Kier alpha value is -1.01. The number of carbonyl (C=O) groups is 1. The Bertz CT molecular complexity index is 494. The van der Waals surface area contributed by atoms with Gasteiger partial charge in [-0.25, -0.2) is 0 Å². The van der Waals surface area contributed by atoms with Gasteiger partial charge < -0.3 is 10.0 Å². The highest BCUT2D eigenvalue weighted by Crippen LogP contribution is 2.25. The van der Waals surface area contributed by atoms with Gasteiger partial charge in [-0.3, -0.25) is 9.48 Å². The fourth-order valence-corrected chi connectivity index (χ4v) is 3.76. The van der Waals surface area contributed by atoms with Crippen molar-refractivity contribution in [2.75, 3.05) is 24.6 Å². The summed E-state index contributed by atoms with van der Waals surface area (Å²) in [5.41, 5.74) is 2.63. The van der Waals surface area contributed by atoms with Gasteiger partial charge in [-0.05, 0) is 12.8 Å². The summed E-state index contributed by atoms with van der Waals surface area (Å²) >= 11 is 1.89. The molecule has 5 nitrogen and oxygen atoms in total. The first-order chi connectivity index (χ1) is 9.16. The maximum absolute atomic E-state index is 12.6. The van der Waals surface area contributed by atoms with Gasteiger partial charge in [0.1, 0.15) is 0 Å². The lowest BCUT2D eigenvalue weighted by Gasteiger charge is -2.26. The van der Waals surface area contributed by atoms with E-state index in [2.05, 4.69) is 5.10 Å². The maximum atomic E-state index is 12.6. The summed E-state index contributed by atoms with van der Waals surface area (Å²) in [6, 6.07) is 0. The van der Waals surface area contributed by atoms with E-state index in [1.807, 2.05) is 28.4 Å². The highest BCUT2D eigenvalue weighted by Gasteiger charge is 2.30. The average Bonchev–Trinajstić information content (AvgIpc) is 2.75. The van der Waals surface area contributed by atoms with Crippen LogP contribution in [0.25, 0.3) is 0 Å². The van der Waals surface area contributed by atoms with Crippen molar-refractivity contribution >= 4 is 17.7 Å². The molecule has 0 saturated carbocycles. The summed E-state index contributed by atoms with van der Waals surface area (Å²) in [5, 5.41) is 14.2. The third-order valence-corrected chi connectivity index (χ3v) is 4.87. The minimum absolute atomic E-state index is 0.0336. The molecule has 1 unspecified atom stereocenters. The zero-order valence-corrected chi connectivity index (χ0v) is 11.9. The SMILES string of the molecule is Cn1nc(C(=O)N2CCSCC2)c2c1CCC(O)C2. The molecule has 1 aromatic rings. The summed E-state index contributed by atoms with van der Waals surface area (Å²) in [7, 11) is 1.89. The number of aromatic nitrogens is 2. The van der Waals surface area contributed by atoms with Crippen LogP contribution in [0.15, 0.2) is 0 Å². The molecule has 2 aliphatic rings. The highest BCUT2D eigenvalue weighted by molar-refractivity contribution is 7.99. The van der Waals surface area contributed by atoms with Crippen molar-refractivity contribution in [3.05, 3.63) is 17.0 Å². The third kappa shape index (κ3) is 2.39. The Labute approximate surface area is 117 Å². The van der Waals surface area contributed by atoms with Crippen LogP contribution in [0.2, 0.25) is 0 Å². The number of aliphatic hydroxyl groups excluding tert-OH is 1. The van der Waals surface area contributed by atoms with E-state index >= 15 is 0 Å². The number of thioether (sulfide) groups is 1. The second-order valence-corrected chi connectivity index (χ2v) is 6.42. The molecule has 2 heterocycles. The van der Waals surface area contributed by atoms with Crippen LogP contribution in [-0.4, -0.2) is 56.4 Å². The Kier molecular flexibility index (Phi) is 3.54. The van der Waals surface area contributed by atoms with Crippen LogP contribution in [0.1, 0.15) is 28.2 Å². The lowest BCUT2D eigenvalue weighted by Crippen LogP contribution is -2.38. The number of fused-ring (bicyclic) bond motifs is 1. The van der Waals surface area contributed by atoms with Crippen molar-refractivity contribution in [3.63, 3.8) is 0 Å². The van der Waals surface area contributed by atoms with Crippen LogP contribution in [0.4, 0.5) is 0 Å². The number of hydrogen-bond donors (Lipinski definition) is 1. The van der Waals surface area contributed by atoms with Crippen molar-refractivity contribution in [3.8, 4) is 0 Å². The second kappa shape index (κ2) is 5.17. The van der Waals surface area contributed by atoms with E-state index < -0.39 is 0 Å². The van der Waals surface area contributed by atoms with Gasteiger partial charge in [0.15, 0.2) is 5.69 Å². The molecule has 19 heavy (non-hydrogen) atoms. The van der Waals surface area contributed by atoms with Crippen LogP contribution >= 0.6 is 11.8 Å². The maximum Gasteiger partial charge on any atom is 0.274 e. The van der Waals surface area contributed by atoms with Crippen LogP contribution in [-0.2, 0) is 19.9 Å². The predicted octanol–water partition coefficient (Wildman–Crippen LogP) is 0.459. The topological polar surface area (TPSA) is 58.4 Å². The summed E-state index contributed by atoms with van der Waals surface area (Å²) in [4.78, 5) is 14.4. The van der Waals surface area contributed by atoms with E-state index in [-0.39, 0.29) is 12.0 Å². The minimum atomic E-state index is -0.333. The number of hydrogen-bond acceptors (Lipinski definition) is 4. The molecule has 3 rings (SSSR count). The molecule has 1 amide bonds. The van der Waals surface area contributed by atoms with Gasteiger partial charge in [-0.2, -0.15) is 16.9 Å². The first kappa shape index (κ1) is 13.0. The molecule has 0 bridgehead atoms. The second-order valence-electron chi connectivity index (χ2n) is 5.20. The summed E-state index contributed by atoms with van der Waals surface area (Å²) in [5.74, 6) is 2.04. The number of rotatable bonds is 1. The van der Waals surface area contributed by atoms with Gasteiger partial charge in [0.05, 0.1) is 6.10 Å². The lowest BCUT2D eigenvalue weighted by atomic mass is 9.93. The van der Waals surface area contributed by atoms with Gasteiger partial charge in [0.25, 0.3) is 5.91 Å². The molecule has 1 N–H and O–H groups in total. The van der Waals surface area contributed by atoms with Crippen molar-refractivity contribution in [1.82, 2.24) is 14.7 Å². The zero-order chi connectivity index (χ0) is 13.4. The molecule has 0 aromatic carbocycles. The molecule has 1 fully saturated rings. The van der Waals surface area contributed by atoms with E-state index in [1.165, 1.54) is 0 Å². The van der Waals surface area contributed by atoms with Crippen molar-refractivity contribution in [1.29, 1.82) is 0 Å². The number of carbonyl (C=O) groups excluding carboxylic acids is 1. The molecule has 1 aliphatic heterocycles. The molecular formula is C13H19N3O2S. The fourth-order valence-electron chi connectivity index (χ4n) is 2.86. The van der Waals surface area contributed by atoms with Crippen molar-refractivity contribution in [2.24, 2.45) is 7.05 Å². The van der Waals surface area contributed by atoms with Gasteiger partial charge in [0.2, 0.25) is 0 Å². The monoisotopic (exact) mass is 281 g/mol. The Balaban J connectivity index is 1.90. The fraction of sp³-hybridized carbons (Fsp3) is 0.692. The van der Waals surface area contributed by atoms with Gasteiger partial charge in [-0.15, -0.1) is 0 Å². The number of aliphatic hydroxyl groups is 1. The minimum Gasteiger partial charge on any atom is -0.393 e. The molecule has 1 aliphatic carbocycles. The molecule has 104 valence electrons. The van der Waals surface area contributed by atoms with Crippen molar-refractivity contribution in [2.45, 2.75) is 25.4 Å². The van der Waals surface area contributed by atoms with E-state index in [1.54, 1.807) is 0 Å². The quantitative estimate of drug-likeness (QED) is 0.812. The molecule has 0 spiro atoms. The van der Waals surface area contributed by atoms with E-state index in [0.717, 1.165) is 48.7 Å². The highest BCUT2D eigenvalue weighted by atomic mass is 32.2. The Morgan fingerprint density at radius 1 is 1.42 bits per heavy atom. The standard InChI is InChI=1S/C13H19N3O2S/c1-15-11-3-2-9(17)8-10(11)12(14-15)13(18)16-4-6-19-7-5-16/h9,17H,2-8H2,1H3. The number of aryl methyl sites for hydroxylation is 1. The van der Waals surface area contributed by atoms with E-state index in [4.69, 9.17) is 0 Å². The Morgan fingerprint density at radius 3 is 2.89 bits per heavy atom. The molecular weight excluding hydrogens is 262 g/mol. The zero-order valence-electron chi connectivity index (χ0n) is 11.1. The van der Waals surface area contributed by atoms with Crippen LogP contribution in [0.5, 0.6) is 0 Å². The van der Waals surface area contributed by atoms with E-state index in [9.17, 15) is 9.90 Å². The van der Waals surface area contributed by atoms with Gasteiger partial charge in [-0.1, -0.05) is 0 Å². The Morgan fingerprint density at radius 2 is 2.16 bits per heavy atom. The largest absolute Gasteiger partial charge is 0.393 e. The normalized spacial score (nSPS) is 23.3. The predicted molar refractivity (Wildman–Crippen MR) is 74.5 cm³/mol. The number of nitrogens with zero attached hydrogens (tertiary/aromatic N) is 3. The lowest BCUT2D eigenvalue weighted by molar-refractivity contribution is 0.0763. The van der Waals surface area contributed by atoms with Gasteiger partial charge >= 0.3 is 0 Å². The third-order valence-electron chi connectivity index (χ3n) is 3.93.